The highest BCUT2D eigenvalue weighted by molar-refractivity contribution is 7.11. The van der Waals surface area contributed by atoms with E-state index in [-0.39, 0.29) is 22.7 Å². The molecule has 1 aliphatic rings. The van der Waals surface area contributed by atoms with Gasteiger partial charge in [-0.1, -0.05) is 18.2 Å². The van der Waals surface area contributed by atoms with E-state index in [0.29, 0.717) is 13.0 Å². The number of nitrogens with zero attached hydrogens (tertiary/aromatic N) is 1. The number of carboxylic acid groups (broad SMARTS) is 1. The topological polar surface area (TPSA) is 88.5 Å². The lowest BCUT2D eigenvalue weighted by Crippen LogP contribution is -2.32. The van der Waals surface area contributed by atoms with Crippen LogP contribution in [0, 0.1) is 0 Å². The zero-order chi connectivity index (χ0) is 14.8. The molecule has 2 aromatic rings. The van der Waals surface area contributed by atoms with Crippen molar-refractivity contribution in [2.45, 2.75) is 12.5 Å². The van der Waals surface area contributed by atoms with Crippen molar-refractivity contribution < 1.29 is 19.4 Å². The van der Waals surface area contributed by atoms with Crippen LogP contribution in [-0.2, 0) is 0 Å². The van der Waals surface area contributed by atoms with Crippen molar-refractivity contribution in [1.29, 1.82) is 0 Å². The lowest BCUT2D eigenvalue weighted by Gasteiger charge is -2.26. The Morgan fingerprint density at radius 2 is 2.19 bits per heavy atom. The second-order valence-corrected chi connectivity index (χ2v) is 5.40. The molecule has 7 heteroatoms. The fourth-order valence-electron chi connectivity index (χ4n) is 2.19. The summed E-state index contributed by atoms with van der Waals surface area (Å²) in [7, 11) is 0. The van der Waals surface area contributed by atoms with Crippen molar-refractivity contribution in [3.63, 3.8) is 0 Å². The van der Waals surface area contributed by atoms with Gasteiger partial charge in [0.25, 0.3) is 5.91 Å². The van der Waals surface area contributed by atoms with Gasteiger partial charge in [0.1, 0.15) is 5.75 Å². The van der Waals surface area contributed by atoms with Gasteiger partial charge in [-0.05, 0) is 6.07 Å². The van der Waals surface area contributed by atoms with Crippen molar-refractivity contribution in [3.05, 3.63) is 45.9 Å². The third kappa shape index (κ3) is 2.73. The Kier molecular flexibility index (Phi) is 3.57. The summed E-state index contributed by atoms with van der Waals surface area (Å²) in [5.74, 6) is -0.740. The summed E-state index contributed by atoms with van der Waals surface area (Å²) in [5, 5.41) is 13.2. The predicted molar refractivity (Wildman–Crippen MR) is 75.8 cm³/mol. The number of carboxylic acids is 1. The Bertz CT molecular complexity index is 698. The molecule has 0 fully saturated rings. The van der Waals surface area contributed by atoms with E-state index in [1.165, 1.54) is 5.38 Å². The molecule has 0 spiro atoms. The van der Waals surface area contributed by atoms with E-state index in [1.54, 1.807) is 0 Å². The van der Waals surface area contributed by atoms with Gasteiger partial charge in [0, 0.05) is 17.4 Å². The van der Waals surface area contributed by atoms with Crippen LogP contribution in [0.1, 0.15) is 38.3 Å². The van der Waals surface area contributed by atoms with E-state index in [0.717, 1.165) is 22.6 Å². The quantitative estimate of drug-likeness (QED) is 0.906. The zero-order valence-corrected chi connectivity index (χ0v) is 11.7. The number of hydrogen-bond acceptors (Lipinski definition) is 5. The smallest absolute Gasteiger partial charge is 0.355 e. The van der Waals surface area contributed by atoms with Crippen molar-refractivity contribution in [2.75, 3.05) is 6.61 Å². The summed E-state index contributed by atoms with van der Waals surface area (Å²) in [4.78, 5) is 26.8. The molecule has 0 aliphatic carbocycles. The molecule has 1 aromatic carbocycles. The molecule has 1 amide bonds. The van der Waals surface area contributed by atoms with Crippen LogP contribution < -0.4 is 10.1 Å². The van der Waals surface area contributed by atoms with E-state index in [4.69, 9.17) is 9.84 Å². The average molecular weight is 304 g/mol. The molecule has 0 saturated carbocycles. The number of carbonyl (C=O) groups is 2. The number of ether oxygens (including phenoxy) is 1. The summed E-state index contributed by atoms with van der Waals surface area (Å²) in [6.45, 7) is 0.528. The number of hydrogen-bond donors (Lipinski definition) is 2. The molecule has 1 unspecified atom stereocenters. The molecule has 21 heavy (non-hydrogen) atoms. The van der Waals surface area contributed by atoms with Crippen molar-refractivity contribution >= 4 is 23.2 Å². The molecule has 0 bridgehead atoms. The molecule has 0 radical (unpaired) electrons. The number of para-hydroxylation sites is 1. The molecule has 1 aromatic heterocycles. The first kappa shape index (κ1) is 13.6. The van der Waals surface area contributed by atoms with Crippen LogP contribution >= 0.6 is 11.3 Å². The normalized spacial score (nSPS) is 16.7. The third-order valence-corrected chi connectivity index (χ3v) is 4.02. The van der Waals surface area contributed by atoms with E-state index >= 15 is 0 Å². The van der Waals surface area contributed by atoms with E-state index in [2.05, 4.69) is 10.3 Å². The van der Waals surface area contributed by atoms with Gasteiger partial charge in [0.05, 0.1) is 12.6 Å². The van der Waals surface area contributed by atoms with Gasteiger partial charge in [-0.3, -0.25) is 4.79 Å². The summed E-state index contributed by atoms with van der Waals surface area (Å²) in [5.41, 5.74) is 0.810. The van der Waals surface area contributed by atoms with E-state index < -0.39 is 5.97 Å². The average Bonchev–Trinajstić information content (AvgIpc) is 2.98. The minimum atomic E-state index is -1.14. The summed E-state index contributed by atoms with van der Waals surface area (Å²) < 4.78 is 5.53. The second kappa shape index (κ2) is 5.53. The lowest BCUT2D eigenvalue weighted by molar-refractivity contribution is 0.0691. The molecule has 1 atom stereocenters. The van der Waals surface area contributed by atoms with Gasteiger partial charge in [-0.15, -0.1) is 11.3 Å². The molecule has 108 valence electrons. The van der Waals surface area contributed by atoms with Gasteiger partial charge in [-0.2, -0.15) is 0 Å². The van der Waals surface area contributed by atoms with Crippen LogP contribution in [0.15, 0.2) is 29.6 Å². The number of amides is 1. The highest BCUT2D eigenvalue weighted by Crippen LogP contribution is 2.31. The van der Waals surface area contributed by atoms with Crippen molar-refractivity contribution in [3.8, 4) is 5.75 Å². The molecule has 3 rings (SSSR count). The first-order valence-electron chi connectivity index (χ1n) is 6.36. The summed E-state index contributed by atoms with van der Waals surface area (Å²) >= 11 is 1.02. The molecule has 1 aliphatic heterocycles. The maximum atomic E-state index is 12.2. The minimum absolute atomic E-state index is 0.113. The Labute approximate surface area is 124 Å². The Morgan fingerprint density at radius 1 is 1.38 bits per heavy atom. The molecule has 0 saturated heterocycles. The Hall–Kier alpha value is -2.41. The van der Waals surface area contributed by atoms with Gasteiger partial charge >= 0.3 is 5.97 Å². The number of benzene rings is 1. The number of aromatic carboxylic acids is 1. The van der Waals surface area contributed by atoms with E-state index in [1.807, 2.05) is 24.3 Å². The third-order valence-electron chi connectivity index (χ3n) is 3.18. The number of carbonyl (C=O) groups excluding carboxylic acids is 1. The molecular weight excluding hydrogens is 292 g/mol. The SMILES string of the molecule is O=C(O)c1csc(C(=O)NC2CCOc3ccccc32)n1. The van der Waals surface area contributed by atoms with Gasteiger partial charge in [0.2, 0.25) is 0 Å². The van der Waals surface area contributed by atoms with Crippen LogP contribution in [0.4, 0.5) is 0 Å². The van der Waals surface area contributed by atoms with E-state index in [9.17, 15) is 9.59 Å². The van der Waals surface area contributed by atoms with Crippen LogP contribution in [0.25, 0.3) is 0 Å². The fourth-order valence-corrected chi connectivity index (χ4v) is 2.88. The van der Waals surface area contributed by atoms with Crippen LogP contribution in [-0.4, -0.2) is 28.6 Å². The minimum Gasteiger partial charge on any atom is -0.493 e. The Balaban J connectivity index is 1.77. The first-order chi connectivity index (χ1) is 10.1. The van der Waals surface area contributed by atoms with Crippen LogP contribution in [0.5, 0.6) is 5.75 Å². The largest absolute Gasteiger partial charge is 0.493 e. The van der Waals surface area contributed by atoms with Gasteiger partial charge < -0.3 is 15.2 Å². The van der Waals surface area contributed by atoms with Crippen molar-refractivity contribution in [1.82, 2.24) is 10.3 Å². The Morgan fingerprint density at radius 3 is 2.95 bits per heavy atom. The molecule has 2 heterocycles. The maximum Gasteiger partial charge on any atom is 0.355 e. The number of thiazole rings is 1. The summed E-state index contributed by atoms with van der Waals surface area (Å²) in [6, 6.07) is 7.38. The van der Waals surface area contributed by atoms with Gasteiger partial charge in [-0.25, -0.2) is 9.78 Å². The van der Waals surface area contributed by atoms with Crippen LogP contribution in [0.3, 0.4) is 0 Å². The first-order valence-corrected chi connectivity index (χ1v) is 7.24. The standard InChI is InChI=1S/C14H12N2O4S/c17-12(13-16-10(7-21-13)14(18)19)15-9-5-6-20-11-4-2-1-3-8(9)11/h1-4,7,9H,5-6H2,(H,15,17)(H,18,19). The number of aromatic nitrogens is 1. The monoisotopic (exact) mass is 304 g/mol. The summed E-state index contributed by atoms with van der Waals surface area (Å²) in [6.07, 6.45) is 0.667. The number of nitrogens with one attached hydrogen (secondary N) is 1. The zero-order valence-electron chi connectivity index (χ0n) is 10.9. The lowest BCUT2D eigenvalue weighted by atomic mass is 10.0. The number of rotatable bonds is 3. The van der Waals surface area contributed by atoms with Gasteiger partial charge in [0.15, 0.2) is 10.7 Å². The van der Waals surface area contributed by atoms with Crippen molar-refractivity contribution in [2.24, 2.45) is 0 Å². The van der Waals surface area contributed by atoms with Crippen LogP contribution in [0.2, 0.25) is 0 Å². The molecular formula is C14H12N2O4S. The number of fused-ring (bicyclic) bond motifs is 1. The predicted octanol–water partition coefficient (Wildman–Crippen LogP) is 2.09. The highest BCUT2D eigenvalue weighted by Gasteiger charge is 2.24. The fraction of sp³-hybridized carbons (Fsp3) is 0.214. The molecule has 6 nitrogen and oxygen atoms in total. The highest BCUT2D eigenvalue weighted by atomic mass is 32.1. The molecule has 2 N–H and O–H groups in total. The maximum absolute atomic E-state index is 12.2. The second-order valence-electron chi connectivity index (χ2n) is 4.54.